The average molecular weight is 500 g/mol. The summed E-state index contributed by atoms with van der Waals surface area (Å²) in [6.45, 7) is 5.29. The van der Waals surface area contributed by atoms with Crippen LogP contribution in [0.2, 0.25) is 0 Å². The van der Waals surface area contributed by atoms with Gasteiger partial charge in [-0.1, -0.05) is 31.2 Å². The van der Waals surface area contributed by atoms with E-state index in [0.717, 1.165) is 19.5 Å². The fourth-order valence-corrected chi connectivity index (χ4v) is 5.79. The summed E-state index contributed by atoms with van der Waals surface area (Å²) < 4.78 is 29.2. The molecule has 3 aliphatic rings. The maximum Gasteiger partial charge on any atom is 0.280 e. The molecule has 1 aromatic heterocycles. The lowest BCUT2D eigenvalue weighted by Gasteiger charge is -2.43. The fraction of sp³-hybridized carbons (Fsp3) is 0.556. The lowest BCUT2D eigenvalue weighted by atomic mass is 9.94. The lowest BCUT2D eigenvalue weighted by molar-refractivity contribution is -0.0725. The van der Waals surface area contributed by atoms with Gasteiger partial charge in [-0.25, -0.2) is 13.8 Å². The molecule has 1 aromatic carbocycles. The topological polar surface area (TPSA) is 71.9 Å². The number of likely N-dealkylation sites (tertiary alicyclic amines) is 2. The van der Waals surface area contributed by atoms with Gasteiger partial charge in [0, 0.05) is 50.5 Å². The Balaban J connectivity index is 1.20. The standard InChI is InChI=1S/C27H35F2N5O2/c1-2-32-12-10-24(27(28,29)18-32)31-25-15-20(7-11-30-25)26(36)34-14-9-22(23(35)17-34)33-13-8-19-5-3-4-6-21(19)16-33/h3-7,11,15,22-24,35H,2,8-10,12-14,16-18H2,1H3,(H,30,31)/t22-,23-,24?/m0/s1. The van der Waals surface area contributed by atoms with Crippen molar-refractivity contribution in [3.05, 3.63) is 59.3 Å². The number of nitrogens with zero attached hydrogens (tertiary/aromatic N) is 4. The van der Waals surface area contributed by atoms with Crippen LogP contribution < -0.4 is 5.32 Å². The van der Waals surface area contributed by atoms with Gasteiger partial charge < -0.3 is 15.3 Å². The Kier molecular flexibility index (Phi) is 7.23. The van der Waals surface area contributed by atoms with Gasteiger partial charge in [0.05, 0.1) is 18.7 Å². The highest BCUT2D eigenvalue weighted by Gasteiger charge is 2.44. The van der Waals surface area contributed by atoms with Gasteiger partial charge in [-0.3, -0.25) is 14.6 Å². The number of rotatable bonds is 5. The van der Waals surface area contributed by atoms with Gasteiger partial charge in [-0.2, -0.15) is 0 Å². The molecule has 2 fully saturated rings. The maximum atomic E-state index is 14.6. The third-order valence-electron chi connectivity index (χ3n) is 7.92. The molecule has 2 aromatic rings. The Morgan fingerprint density at radius 3 is 2.72 bits per heavy atom. The van der Waals surface area contributed by atoms with Crippen molar-refractivity contribution in [2.45, 2.75) is 56.8 Å². The molecule has 7 nitrogen and oxygen atoms in total. The predicted octanol–water partition coefficient (Wildman–Crippen LogP) is 2.86. The molecule has 1 unspecified atom stereocenters. The lowest BCUT2D eigenvalue weighted by Crippen LogP contribution is -2.56. The molecule has 4 heterocycles. The monoisotopic (exact) mass is 499 g/mol. The van der Waals surface area contributed by atoms with Crippen LogP contribution in [-0.4, -0.2) is 94.1 Å². The van der Waals surface area contributed by atoms with E-state index in [1.807, 2.05) is 13.0 Å². The molecule has 2 saturated heterocycles. The quantitative estimate of drug-likeness (QED) is 0.659. The van der Waals surface area contributed by atoms with Crippen molar-refractivity contribution < 1.29 is 18.7 Å². The number of halogens is 2. The minimum Gasteiger partial charge on any atom is -0.390 e. The van der Waals surface area contributed by atoms with Crippen LogP contribution in [0.3, 0.4) is 0 Å². The number of hydrogen-bond donors (Lipinski definition) is 2. The summed E-state index contributed by atoms with van der Waals surface area (Å²) in [5, 5.41) is 13.8. The number of hydrogen-bond acceptors (Lipinski definition) is 6. The fourth-order valence-electron chi connectivity index (χ4n) is 5.79. The molecule has 3 atom stereocenters. The van der Waals surface area contributed by atoms with Crippen LogP contribution in [0.4, 0.5) is 14.6 Å². The van der Waals surface area contributed by atoms with Gasteiger partial charge in [0.15, 0.2) is 0 Å². The van der Waals surface area contributed by atoms with Crippen molar-refractivity contribution in [1.29, 1.82) is 0 Å². The smallest absolute Gasteiger partial charge is 0.280 e. The largest absolute Gasteiger partial charge is 0.390 e. The molecule has 1 amide bonds. The summed E-state index contributed by atoms with van der Waals surface area (Å²) in [6, 6.07) is 10.6. The Bertz CT molecular complexity index is 1080. The molecule has 0 bridgehead atoms. The van der Waals surface area contributed by atoms with E-state index in [1.165, 1.54) is 17.3 Å². The molecule has 36 heavy (non-hydrogen) atoms. The van der Waals surface area contributed by atoms with Gasteiger partial charge in [0.2, 0.25) is 0 Å². The van der Waals surface area contributed by atoms with E-state index in [2.05, 4.69) is 33.4 Å². The second-order valence-corrected chi connectivity index (χ2v) is 10.2. The van der Waals surface area contributed by atoms with Crippen LogP contribution in [0.1, 0.15) is 41.3 Å². The Labute approximate surface area is 211 Å². The zero-order chi connectivity index (χ0) is 25.3. The number of pyridine rings is 1. The van der Waals surface area contributed by atoms with E-state index in [0.29, 0.717) is 38.0 Å². The molecular formula is C27H35F2N5O2. The first kappa shape index (κ1) is 25.0. The number of aliphatic hydroxyl groups is 1. The maximum absolute atomic E-state index is 14.6. The number of β-amino-alcohol motifs (C(OH)–C–C–N with tert-alkyl or cyclic N) is 1. The second-order valence-electron chi connectivity index (χ2n) is 10.2. The van der Waals surface area contributed by atoms with Crippen molar-refractivity contribution in [3.63, 3.8) is 0 Å². The molecule has 0 saturated carbocycles. The van der Waals surface area contributed by atoms with E-state index in [4.69, 9.17) is 0 Å². The number of alkyl halides is 2. The second kappa shape index (κ2) is 10.4. The Morgan fingerprint density at radius 1 is 1.17 bits per heavy atom. The summed E-state index contributed by atoms with van der Waals surface area (Å²) in [5.41, 5.74) is 3.06. The third kappa shape index (κ3) is 5.23. The van der Waals surface area contributed by atoms with Crippen molar-refractivity contribution in [2.75, 3.05) is 44.6 Å². The SMILES string of the molecule is CCN1CCC(Nc2cc(C(=O)N3CC[C@H](N4CCc5ccccc5C4)[C@@H](O)C3)ccn2)C(F)(F)C1. The molecule has 9 heteroatoms. The van der Waals surface area contributed by atoms with Gasteiger partial charge in [-0.15, -0.1) is 0 Å². The normalized spacial score (nSPS) is 26.9. The van der Waals surface area contributed by atoms with Crippen LogP contribution in [0.25, 0.3) is 0 Å². The molecule has 0 radical (unpaired) electrons. The van der Waals surface area contributed by atoms with E-state index < -0.39 is 18.1 Å². The number of carbonyl (C=O) groups excluding carboxylic acids is 1. The van der Waals surface area contributed by atoms with Crippen molar-refractivity contribution in [2.24, 2.45) is 0 Å². The predicted molar refractivity (Wildman–Crippen MR) is 134 cm³/mol. The van der Waals surface area contributed by atoms with Crippen LogP contribution in [0.15, 0.2) is 42.6 Å². The molecule has 0 spiro atoms. The number of aliphatic hydroxyl groups excluding tert-OH is 1. The van der Waals surface area contributed by atoms with E-state index in [9.17, 15) is 18.7 Å². The molecular weight excluding hydrogens is 464 g/mol. The van der Waals surface area contributed by atoms with Gasteiger partial charge >= 0.3 is 0 Å². The van der Waals surface area contributed by atoms with Crippen LogP contribution in [0.5, 0.6) is 0 Å². The van der Waals surface area contributed by atoms with E-state index in [-0.39, 0.29) is 30.9 Å². The minimum atomic E-state index is -2.88. The highest BCUT2D eigenvalue weighted by molar-refractivity contribution is 5.95. The molecule has 2 N–H and O–H groups in total. The highest BCUT2D eigenvalue weighted by atomic mass is 19.3. The van der Waals surface area contributed by atoms with Gasteiger partial charge in [0.25, 0.3) is 11.8 Å². The molecule has 194 valence electrons. The van der Waals surface area contributed by atoms with Crippen LogP contribution >= 0.6 is 0 Å². The Hall–Kier alpha value is -2.62. The first-order valence-corrected chi connectivity index (χ1v) is 12.9. The van der Waals surface area contributed by atoms with E-state index >= 15 is 0 Å². The Morgan fingerprint density at radius 2 is 1.97 bits per heavy atom. The zero-order valence-corrected chi connectivity index (χ0v) is 20.7. The number of amides is 1. The summed E-state index contributed by atoms with van der Waals surface area (Å²) in [5.74, 6) is -2.82. The number of anilines is 1. The van der Waals surface area contributed by atoms with Crippen molar-refractivity contribution >= 4 is 11.7 Å². The number of nitrogens with one attached hydrogen (secondary N) is 1. The number of fused-ring (bicyclic) bond motifs is 1. The minimum absolute atomic E-state index is 0.00768. The van der Waals surface area contributed by atoms with E-state index in [1.54, 1.807) is 21.9 Å². The average Bonchev–Trinajstić information content (AvgIpc) is 2.89. The van der Waals surface area contributed by atoms with Crippen LogP contribution in [0, 0.1) is 0 Å². The number of benzene rings is 1. The number of piperidine rings is 2. The van der Waals surface area contributed by atoms with Crippen molar-refractivity contribution in [1.82, 2.24) is 19.7 Å². The summed E-state index contributed by atoms with van der Waals surface area (Å²) in [7, 11) is 0. The van der Waals surface area contributed by atoms with Gasteiger partial charge in [0.1, 0.15) is 5.82 Å². The molecule has 0 aliphatic carbocycles. The third-order valence-corrected chi connectivity index (χ3v) is 7.92. The molecule has 5 rings (SSSR count). The molecule has 3 aliphatic heterocycles. The number of aromatic nitrogens is 1. The summed E-state index contributed by atoms with van der Waals surface area (Å²) in [4.78, 5) is 23.1. The summed E-state index contributed by atoms with van der Waals surface area (Å²) >= 11 is 0. The van der Waals surface area contributed by atoms with Gasteiger partial charge in [-0.05, 0) is 49.1 Å². The van der Waals surface area contributed by atoms with Crippen molar-refractivity contribution in [3.8, 4) is 0 Å². The zero-order valence-electron chi connectivity index (χ0n) is 20.7. The summed E-state index contributed by atoms with van der Waals surface area (Å²) in [6.07, 6.45) is 2.79. The first-order chi connectivity index (χ1) is 17.3. The number of carbonyl (C=O) groups is 1. The van der Waals surface area contributed by atoms with Crippen LogP contribution in [-0.2, 0) is 13.0 Å². The first-order valence-electron chi connectivity index (χ1n) is 12.9. The highest BCUT2D eigenvalue weighted by Crippen LogP contribution is 2.30.